The first-order valence-electron chi connectivity index (χ1n) is 9.19. The smallest absolute Gasteiger partial charge is 0.306 e. The number of benzene rings is 2. The minimum absolute atomic E-state index is 0.0295. The quantitative estimate of drug-likeness (QED) is 0.831. The van der Waals surface area contributed by atoms with Gasteiger partial charge >= 0.3 is 5.97 Å². The number of carbonyl (C=O) groups excluding carboxylic acids is 1. The summed E-state index contributed by atoms with van der Waals surface area (Å²) in [5, 5.41) is 12.3. The average Bonchev–Trinajstić information content (AvgIpc) is 3.14. The van der Waals surface area contributed by atoms with Crippen LogP contribution in [0.15, 0.2) is 60.7 Å². The van der Waals surface area contributed by atoms with Gasteiger partial charge in [-0.25, -0.2) is 0 Å². The van der Waals surface area contributed by atoms with Crippen molar-refractivity contribution in [2.75, 3.05) is 0 Å². The van der Waals surface area contributed by atoms with Gasteiger partial charge in [0.15, 0.2) is 0 Å². The maximum absolute atomic E-state index is 12.7. The first-order chi connectivity index (χ1) is 12.6. The van der Waals surface area contributed by atoms with Crippen LogP contribution in [0.1, 0.15) is 43.2 Å². The second-order valence-corrected chi connectivity index (χ2v) is 7.14. The summed E-state index contributed by atoms with van der Waals surface area (Å²) in [4.78, 5) is 23.8. The van der Waals surface area contributed by atoms with Gasteiger partial charge in [-0.1, -0.05) is 60.7 Å². The zero-order chi connectivity index (χ0) is 18.5. The Balaban J connectivity index is 1.75. The van der Waals surface area contributed by atoms with Gasteiger partial charge in [0, 0.05) is 17.9 Å². The third kappa shape index (κ3) is 4.13. The Labute approximate surface area is 154 Å². The average molecular weight is 351 g/mol. The van der Waals surface area contributed by atoms with Gasteiger partial charge < -0.3 is 10.4 Å². The van der Waals surface area contributed by atoms with Crippen LogP contribution in [-0.4, -0.2) is 23.0 Å². The summed E-state index contributed by atoms with van der Waals surface area (Å²) in [5.41, 5.74) is 2.31. The molecule has 1 amide bonds. The minimum atomic E-state index is -0.792. The zero-order valence-electron chi connectivity index (χ0n) is 15.0. The van der Waals surface area contributed by atoms with E-state index in [-0.39, 0.29) is 29.7 Å². The molecule has 0 heterocycles. The van der Waals surface area contributed by atoms with Crippen LogP contribution in [0.4, 0.5) is 0 Å². The van der Waals surface area contributed by atoms with Crippen LogP contribution in [0.2, 0.25) is 0 Å². The Morgan fingerprint density at radius 1 is 0.923 bits per heavy atom. The maximum Gasteiger partial charge on any atom is 0.306 e. The molecule has 2 N–H and O–H groups in total. The topological polar surface area (TPSA) is 66.4 Å². The summed E-state index contributed by atoms with van der Waals surface area (Å²) in [7, 11) is 0. The van der Waals surface area contributed by atoms with Crippen molar-refractivity contribution in [1.82, 2.24) is 5.32 Å². The molecule has 4 nitrogen and oxygen atoms in total. The summed E-state index contributed by atoms with van der Waals surface area (Å²) >= 11 is 0. The predicted octanol–water partition coefficient (Wildman–Crippen LogP) is 3.82. The van der Waals surface area contributed by atoms with Gasteiger partial charge in [-0.15, -0.1) is 0 Å². The number of hydrogen-bond donors (Lipinski definition) is 2. The van der Waals surface area contributed by atoms with Crippen molar-refractivity contribution < 1.29 is 14.7 Å². The fourth-order valence-corrected chi connectivity index (χ4v) is 3.96. The molecular formula is C22H25NO3. The van der Waals surface area contributed by atoms with Crippen LogP contribution >= 0.6 is 0 Å². The minimum Gasteiger partial charge on any atom is -0.481 e. The normalized spacial score (nSPS) is 20.7. The molecule has 3 atom stereocenters. The number of rotatable bonds is 6. The Kier molecular flexibility index (Phi) is 5.71. The first kappa shape index (κ1) is 18.2. The van der Waals surface area contributed by atoms with Gasteiger partial charge in [0.25, 0.3) is 0 Å². The molecule has 0 spiro atoms. The third-order valence-corrected chi connectivity index (χ3v) is 5.34. The maximum atomic E-state index is 12.7. The molecule has 4 heteroatoms. The van der Waals surface area contributed by atoms with Crippen LogP contribution in [0.25, 0.3) is 0 Å². The second-order valence-electron chi connectivity index (χ2n) is 7.14. The molecule has 0 aromatic heterocycles. The molecule has 1 fully saturated rings. The lowest BCUT2D eigenvalue weighted by Crippen LogP contribution is -2.40. The Hall–Kier alpha value is -2.62. The lowest BCUT2D eigenvalue weighted by Gasteiger charge is -2.27. The van der Waals surface area contributed by atoms with E-state index in [1.165, 1.54) is 0 Å². The Bertz CT molecular complexity index is 705. The monoisotopic (exact) mass is 351 g/mol. The van der Waals surface area contributed by atoms with Crippen LogP contribution in [0.5, 0.6) is 0 Å². The van der Waals surface area contributed by atoms with Crippen molar-refractivity contribution in [3.63, 3.8) is 0 Å². The molecule has 2 aromatic carbocycles. The molecule has 0 radical (unpaired) electrons. The zero-order valence-corrected chi connectivity index (χ0v) is 15.0. The van der Waals surface area contributed by atoms with Crippen molar-refractivity contribution in [3.05, 3.63) is 71.8 Å². The number of hydrogen-bond acceptors (Lipinski definition) is 2. The highest BCUT2D eigenvalue weighted by atomic mass is 16.4. The van der Waals surface area contributed by atoms with Gasteiger partial charge in [0.2, 0.25) is 5.91 Å². The standard InChI is InChI=1S/C22H25NO3/c1-15(23-21(24)18-12-13-19(14-18)22(25)26)20(16-8-4-2-5-9-16)17-10-6-3-7-11-17/h2-11,15,18-20H,12-14H2,1H3,(H,23,24)(H,25,26)/t15?,18-,19+/m1/s1. The number of aliphatic carboxylic acids is 1. The van der Waals surface area contributed by atoms with E-state index in [1.807, 2.05) is 43.3 Å². The van der Waals surface area contributed by atoms with E-state index in [4.69, 9.17) is 5.11 Å². The molecule has 0 saturated heterocycles. The molecule has 1 unspecified atom stereocenters. The number of carbonyl (C=O) groups is 2. The third-order valence-electron chi connectivity index (χ3n) is 5.34. The van der Waals surface area contributed by atoms with Gasteiger partial charge in [0.05, 0.1) is 5.92 Å². The number of nitrogens with one attached hydrogen (secondary N) is 1. The first-order valence-corrected chi connectivity index (χ1v) is 9.19. The summed E-state index contributed by atoms with van der Waals surface area (Å²) in [6.45, 7) is 2.02. The van der Waals surface area contributed by atoms with Crippen molar-refractivity contribution in [2.24, 2.45) is 11.8 Å². The predicted molar refractivity (Wildman–Crippen MR) is 101 cm³/mol. The van der Waals surface area contributed by atoms with Crippen LogP contribution in [0, 0.1) is 11.8 Å². The molecule has 1 saturated carbocycles. The highest BCUT2D eigenvalue weighted by Crippen LogP contribution is 2.32. The SMILES string of the molecule is CC(NC(=O)[C@@H]1CC[C@H](C(=O)O)C1)C(c1ccccc1)c1ccccc1. The van der Waals surface area contributed by atoms with Crippen molar-refractivity contribution in [1.29, 1.82) is 0 Å². The molecule has 1 aliphatic carbocycles. The Morgan fingerprint density at radius 3 is 1.88 bits per heavy atom. The molecule has 0 bridgehead atoms. The fraction of sp³-hybridized carbons (Fsp3) is 0.364. The molecule has 26 heavy (non-hydrogen) atoms. The van der Waals surface area contributed by atoms with Gasteiger partial charge in [0.1, 0.15) is 0 Å². The van der Waals surface area contributed by atoms with E-state index in [0.717, 1.165) is 11.1 Å². The van der Waals surface area contributed by atoms with E-state index in [2.05, 4.69) is 29.6 Å². The van der Waals surface area contributed by atoms with Crippen molar-refractivity contribution in [2.45, 2.75) is 38.1 Å². The number of carboxylic acids is 1. The second kappa shape index (κ2) is 8.17. The summed E-state index contributed by atoms with van der Waals surface area (Å²) < 4.78 is 0. The number of amides is 1. The fourth-order valence-electron chi connectivity index (χ4n) is 3.96. The molecule has 2 aromatic rings. The molecule has 136 valence electrons. The van der Waals surface area contributed by atoms with Crippen LogP contribution in [0.3, 0.4) is 0 Å². The van der Waals surface area contributed by atoms with Gasteiger partial charge in [-0.05, 0) is 37.3 Å². The Morgan fingerprint density at radius 2 is 1.42 bits per heavy atom. The van der Waals surface area contributed by atoms with Gasteiger partial charge in [-0.3, -0.25) is 9.59 Å². The molecule has 1 aliphatic rings. The summed E-state index contributed by atoms with van der Waals surface area (Å²) in [6.07, 6.45) is 1.68. The summed E-state index contributed by atoms with van der Waals surface area (Å²) in [6, 6.07) is 20.2. The van der Waals surface area contributed by atoms with E-state index in [9.17, 15) is 9.59 Å². The van der Waals surface area contributed by atoms with Crippen molar-refractivity contribution >= 4 is 11.9 Å². The summed E-state index contributed by atoms with van der Waals surface area (Å²) in [5.74, 6) is -1.36. The highest BCUT2D eigenvalue weighted by Gasteiger charge is 2.35. The van der Waals surface area contributed by atoms with E-state index in [0.29, 0.717) is 19.3 Å². The van der Waals surface area contributed by atoms with Crippen LogP contribution in [-0.2, 0) is 9.59 Å². The molecule has 3 rings (SSSR count). The van der Waals surface area contributed by atoms with Crippen LogP contribution < -0.4 is 5.32 Å². The lowest BCUT2D eigenvalue weighted by molar-refractivity contribution is -0.141. The molecular weight excluding hydrogens is 326 g/mol. The van der Waals surface area contributed by atoms with E-state index < -0.39 is 5.97 Å². The highest BCUT2D eigenvalue weighted by molar-refractivity contribution is 5.81. The van der Waals surface area contributed by atoms with Crippen molar-refractivity contribution in [3.8, 4) is 0 Å². The largest absolute Gasteiger partial charge is 0.481 e. The number of carboxylic acid groups (broad SMARTS) is 1. The van der Waals surface area contributed by atoms with E-state index >= 15 is 0 Å². The van der Waals surface area contributed by atoms with Gasteiger partial charge in [-0.2, -0.15) is 0 Å². The lowest BCUT2D eigenvalue weighted by atomic mass is 9.85. The molecule has 0 aliphatic heterocycles. The van der Waals surface area contributed by atoms with E-state index in [1.54, 1.807) is 0 Å².